The van der Waals surface area contributed by atoms with Gasteiger partial charge in [0, 0.05) is 18.0 Å². The monoisotopic (exact) mass is 174 g/mol. The van der Waals surface area contributed by atoms with Crippen molar-refractivity contribution in [2.75, 3.05) is 0 Å². The topological polar surface area (TPSA) is 45.8 Å². The lowest BCUT2D eigenvalue weighted by molar-refractivity contribution is 0.0984. The summed E-state index contributed by atoms with van der Waals surface area (Å²) in [5, 5.41) is 1.03. The molecule has 0 saturated heterocycles. The third-order valence-electron chi connectivity index (χ3n) is 2.05. The molecule has 0 aromatic carbocycles. The van der Waals surface area contributed by atoms with Gasteiger partial charge >= 0.3 is 0 Å². The summed E-state index contributed by atoms with van der Waals surface area (Å²) in [6.45, 7) is 1.85. The number of hydrogen-bond donors (Lipinski definition) is 1. The van der Waals surface area contributed by atoms with Gasteiger partial charge in [-0.15, -0.1) is 0 Å². The Morgan fingerprint density at radius 1 is 1.62 bits per heavy atom. The highest BCUT2D eigenvalue weighted by Crippen LogP contribution is 2.14. The van der Waals surface area contributed by atoms with Gasteiger partial charge in [-0.3, -0.25) is 9.78 Å². The molecule has 3 heteroatoms. The van der Waals surface area contributed by atoms with Gasteiger partial charge in [-0.05, 0) is 12.1 Å². The molecule has 0 amide bonds. The zero-order valence-corrected chi connectivity index (χ0v) is 7.37. The molecular weight excluding hydrogens is 164 g/mol. The average molecular weight is 174 g/mol. The van der Waals surface area contributed by atoms with E-state index in [1.54, 1.807) is 12.4 Å². The van der Waals surface area contributed by atoms with E-state index < -0.39 is 0 Å². The Bertz CT molecular complexity index is 412. The van der Waals surface area contributed by atoms with Crippen LogP contribution in [0.4, 0.5) is 0 Å². The highest BCUT2D eigenvalue weighted by Gasteiger charge is 2.06. The molecule has 13 heavy (non-hydrogen) atoms. The molecule has 2 heterocycles. The normalized spacial score (nSPS) is 10.5. The number of nitrogens with one attached hydrogen (secondary N) is 1. The molecule has 2 rings (SSSR count). The van der Waals surface area contributed by atoms with Crippen molar-refractivity contribution in [3.63, 3.8) is 0 Å². The maximum Gasteiger partial charge on any atom is 0.178 e. The first-order chi connectivity index (χ1) is 6.31. The number of carbonyl (C=O) groups excluding carboxylic acids is 1. The van der Waals surface area contributed by atoms with Crippen LogP contribution in [0.15, 0.2) is 24.5 Å². The number of Topliss-reactive ketones (excluding diaryl/α,β-unsaturated/α-hetero) is 1. The van der Waals surface area contributed by atoms with Crippen LogP contribution in [0.1, 0.15) is 23.8 Å². The molecule has 0 radical (unpaired) electrons. The minimum atomic E-state index is 0.135. The fourth-order valence-electron chi connectivity index (χ4n) is 1.31. The van der Waals surface area contributed by atoms with Crippen LogP contribution in [0.25, 0.3) is 10.9 Å². The van der Waals surface area contributed by atoms with Crippen molar-refractivity contribution in [3.8, 4) is 0 Å². The first kappa shape index (κ1) is 7.98. The van der Waals surface area contributed by atoms with Gasteiger partial charge in [-0.2, -0.15) is 0 Å². The second kappa shape index (κ2) is 3.01. The molecule has 0 spiro atoms. The Morgan fingerprint density at radius 3 is 3.15 bits per heavy atom. The largest absolute Gasteiger partial charge is 0.351 e. The number of aromatic nitrogens is 2. The number of rotatable bonds is 2. The summed E-state index contributed by atoms with van der Waals surface area (Å²) in [4.78, 5) is 18.3. The van der Waals surface area contributed by atoms with Crippen molar-refractivity contribution in [1.29, 1.82) is 0 Å². The van der Waals surface area contributed by atoms with Gasteiger partial charge in [0.25, 0.3) is 0 Å². The number of nitrogens with zero attached hydrogens (tertiary/aromatic N) is 1. The van der Waals surface area contributed by atoms with E-state index in [1.165, 1.54) is 0 Å². The van der Waals surface area contributed by atoms with Gasteiger partial charge in [0.15, 0.2) is 5.78 Å². The Labute approximate surface area is 75.8 Å². The third kappa shape index (κ3) is 1.33. The molecule has 66 valence electrons. The Kier molecular flexibility index (Phi) is 1.85. The predicted molar refractivity (Wildman–Crippen MR) is 50.7 cm³/mol. The highest BCUT2D eigenvalue weighted by molar-refractivity contribution is 5.98. The van der Waals surface area contributed by atoms with Crippen LogP contribution in [0.2, 0.25) is 0 Å². The summed E-state index contributed by atoms with van der Waals surface area (Å²) < 4.78 is 0. The lowest BCUT2D eigenvalue weighted by Crippen LogP contribution is -1.95. The summed E-state index contributed by atoms with van der Waals surface area (Å²) >= 11 is 0. The predicted octanol–water partition coefficient (Wildman–Crippen LogP) is 2.16. The van der Waals surface area contributed by atoms with Crippen LogP contribution < -0.4 is 0 Å². The number of pyridine rings is 1. The van der Waals surface area contributed by atoms with Crippen LogP contribution in [-0.4, -0.2) is 15.8 Å². The van der Waals surface area contributed by atoms with E-state index in [4.69, 9.17) is 0 Å². The van der Waals surface area contributed by atoms with Crippen LogP contribution in [0.5, 0.6) is 0 Å². The number of hydrogen-bond acceptors (Lipinski definition) is 2. The minimum Gasteiger partial charge on any atom is -0.351 e. The Hall–Kier alpha value is -1.64. The molecule has 0 aliphatic carbocycles. The van der Waals surface area contributed by atoms with E-state index in [-0.39, 0.29) is 5.78 Å². The van der Waals surface area contributed by atoms with E-state index >= 15 is 0 Å². The van der Waals surface area contributed by atoms with Crippen LogP contribution in [0, 0.1) is 0 Å². The van der Waals surface area contributed by atoms with Gasteiger partial charge in [-0.1, -0.05) is 6.92 Å². The van der Waals surface area contributed by atoms with Crippen molar-refractivity contribution in [2.45, 2.75) is 13.3 Å². The fourth-order valence-corrected chi connectivity index (χ4v) is 1.31. The van der Waals surface area contributed by atoms with Crippen molar-refractivity contribution in [1.82, 2.24) is 9.97 Å². The summed E-state index contributed by atoms with van der Waals surface area (Å²) in [5.41, 5.74) is 1.59. The molecule has 2 aromatic rings. The second-order valence-corrected chi connectivity index (χ2v) is 2.92. The number of fused-ring (bicyclic) bond motifs is 1. The maximum absolute atomic E-state index is 11.3. The molecule has 0 unspecified atom stereocenters. The summed E-state index contributed by atoms with van der Waals surface area (Å²) in [7, 11) is 0. The number of carbonyl (C=O) groups is 1. The van der Waals surface area contributed by atoms with Crippen molar-refractivity contribution < 1.29 is 4.79 Å². The van der Waals surface area contributed by atoms with Crippen molar-refractivity contribution >= 4 is 16.7 Å². The quantitative estimate of drug-likeness (QED) is 0.709. The fraction of sp³-hybridized carbons (Fsp3) is 0.200. The van der Waals surface area contributed by atoms with Gasteiger partial charge in [0.1, 0.15) is 0 Å². The van der Waals surface area contributed by atoms with E-state index in [9.17, 15) is 4.79 Å². The van der Waals surface area contributed by atoms with Gasteiger partial charge in [-0.25, -0.2) is 0 Å². The van der Waals surface area contributed by atoms with Crippen LogP contribution in [0.3, 0.4) is 0 Å². The van der Waals surface area contributed by atoms with Crippen molar-refractivity contribution in [2.24, 2.45) is 0 Å². The standard InChI is InChI=1S/C10H10N2O/c1-2-10(13)8-5-7-3-4-11-6-9(7)12-8/h3-6,12H,2H2,1H3. The lowest BCUT2D eigenvalue weighted by atomic mass is 10.2. The summed E-state index contributed by atoms with van der Waals surface area (Å²) in [6, 6.07) is 3.75. The van der Waals surface area contributed by atoms with E-state index in [2.05, 4.69) is 9.97 Å². The highest BCUT2D eigenvalue weighted by atomic mass is 16.1. The molecule has 0 aliphatic heterocycles. The molecule has 2 aromatic heterocycles. The smallest absolute Gasteiger partial charge is 0.178 e. The van der Waals surface area contributed by atoms with Crippen LogP contribution in [-0.2, 0) is 0 Å². The zero-order chi connectivity index (χ0) is 9.26. The van der Waals surface area contributed by atoms with Gasteiger partial charge < -0.3 is 4.98 Å². The minimum absolute atomic E-state index is 0.135. The molecule has 1 N–H and O–H groups in total. The number of H-pyrrole nitrogens is 1. The molecule has 0 fully saturated rings. The molecule has 0 bridgehead atoms. The average Bonchev–Trinajstić information content (AvgIpc) is 2.59. The Balaban J connectivity index is 2.56. The molecule has 3 nitrogen and oxygen atoms in total. The van der Waals surface area contributed by atoms with Crippen molar-refractivity contribution in [3.05, 3.63) is 30.2 Å². The third-order valence-corrected chi connectivity index (χ3v) is 2.05. The Morgan fingerprint density at radius 2 is 2.46 bits per heavy atom. The summed E-state index contributed by atoms with van der Waals surface area (Å²) in [5.74, 6) is 0.135. The molecule has 0 aliphatic rings. The van der Waals surface area contributed by atoms with Gasteiger partial charge in [0.05, 0.1) is 17.4 Å². The lowest BCUT2D eigenvalue weighted by Gasteiger charge is -1.88. The SMILES string of the molecule is CCC(=O)c1cc2ccncc2[nH]1. The van der Waals surface area contributed by atoms with E-state index in [1.807, 2.05) is 19.1 Å². The van der Waals surface area contributed by atoms with Gasteiger partial charge in [0.2, 0.25) is 0 Å². The molecule has 0 atom stereocenters. The van der Waals surface area contributed by atoms with E-state index in [0.717, 1.165) is 10.9 Å². The van der Waals surface area contributed by atoms with E-state index in [0.29, 0.717) is 12.1 Å². The zero-order valence-electron chi connectivity index (χ0n) is 7.37. The maximum atomic E-state index is 11.3. The number of ketones is 1. The number of aromatic amines is 1. The summed E-state index contributed by atoms with van der Waals surface area (Å²) in [6.07, 6.45) is 3.97. The first-order valence-electron chi connectivity index (χ1n) is 4.27. The first-order valence-corrected chi connectivity index (χ1v) is 4.27. The molecule has 0 saturated carbocycles. The van der Waals surface area contributed by atoms with Crippen LogP contribution >= 0.6 is 0 Å². The second-order valence-electron chi connectivity index (χ2n) is 2.92. The molecular formula is C10H10N2O.